The Labute approximate surface area is 74.7 Å². The lowest BCUT2D eigenvalue weighted by molar-refractivity contribution is -0.122. The minimum Gasteiger partial charge on any atom is -0.353 e. The van der Waals surface area contributed by atoms with Crippen LogP contribution < -0.4 is 5.32 Å². The first-order valence-electron chi connectivity index (χ1n) is 4.89. The van der Waals surface area contributed by atoms with Crippen molar-refractivity contribution in [2.45, 2.75) is 46.1 Å². The van der Waals surface area contributed by atoms with E-state index in [0.29, 0.717) is 24.3 Å². The maximum atomic E-state index is 11.3. The van der Waals surface area contributed by atoms with Crippen molar-refractivity contribution in [1.82, 2.24) is 5.32 Å². The van der Waals surface area contributed by atoms with Gasteiger partial charge in [0.05, 0.1) is 0 Å². The van der Waals surface area contributed by atoms with Crippen LogP contribution in [0.5, 0.6) is 0 Å². The van der Waals surface area contributed by atoms with Crippen molar-refractivity contribution in [3.63, 3.8) is 0 Å². The van der Waals surface area contributed by atoms with Gasteiger partial charge in [-0.2, -0.15) is 0 Å². The molecule has 1 saturated heterocycles. The third kappa shape index (κ3) is 2.50. The molecule has 0 unspecified atom stereocenters. The molecule has 1 N–H and O–H groups in total. The topological polar surface area (TPSA) is 29.1 Å². The van der Waals surface area contributed by atoms with Gasteiger partial charge in [0.25, 0.3) is 0 Å². The SMILES string of the molecule is CC(C)[C@@H]1CC[C@@H](C)CC(=O)N1. The molecule has 1 rings (SSSR count). The zero-order valence-corrected chi connectivity index (χ0v) is 8.26. The average molecular weight is 169 g/mol. The summed E-state index contributed by atoms with van der Waals surface area (Å²) in [4.78, 5) is 11.3. The third-order valence-corrected chi connectivity index (χ3v) is 2.66. The van der Waals surface area contributed by atoms with E-state index in [0.717, 1.165) is 6.42 Å². The fourth-order valence-electron chi connectivity index (χ4n) is 1.72. The van der Waals surface area contributed by atoms with Crippen molar-refractivity contribution in [1.29, 1.82) is 0 Å². The smallest absolute Gasteiger partial charge is 0.220 e. The molecule has 0 spiro atoms. The number of carbonyl (C=O) groups is 1. The van der Waals surface area contributed by atoms with Crippen LogP contribution in [0, 0.1) is 11.8 Å². The van der Waals surface area contributed by atoms with Crippen molar-refractivity contribution in [2.75, 3.05) is 0 Å². The summed E-state index contributed by atoms with van der Waals surface area (Å²) in [6.45, 7) is 6.49. The summed E-state index contributed by atoms with van der Waals surface area (Å²) in [5.41, 5.74) is 0. The van der Waals surface area contributed by atoms with Gasteiger partial charge in [-0.15, -0.1) is 0 Å². The molecular weight excluding hydrogens is 150 g/mol. The molecule has 1 fully saturated rings. The molecule has 1 amide bonds. The van der Waals surface area contributed by atoms with E-state index in [-0.39, 0.29) is 5.91 Å². The highest BCUT2D eigenvalue weighted by molar-refractivity contribution is 5.76. The van der Waals surface area contributed by atoms with Gasteiger partial charge in [0.1, 0.15) is 0 Å². The second-order valence-electron chi connectivity index (χ2n) is 4.30. The summed E-state index contributed by atoms with van der Waals surface area (Å²) in [6, 6.07) is 0.405. The fourth-order valence-corrected chi connectivity index (χ4v) is 1.72. The largest absolute Gasteiger partial charge is 0.353 e. The molecule has 0 radical (unpaired) electrons. The van der Waals surface area contributed by atoms with Crippen molar-refractivity contribution >= 4 is 5.91 Å². The Morgan fingerprint density at radius 3 is 2.67 bits per heavy atom. The predicted octanol–water partition coefficient (Wildman–Crippen LogP) is 1.95. The first-order valence-corrected chi connectivity index (χ1v) is 4.89. The Hall–Kier alpha value is -0.530. The van der Waals surface area contributed by atoms with Gasteiger partial charge in [-0.3, -0.25) is 4.79 Å². The molecule has 2 nitrogen and oxygen atoms in total. The number of rotatable bonds is 1. The molecule has 0 saturated carbocycles. The molecule has 0 aliphatic carbocycles. The van der Waals surface area contributed by atoms with Gasteiger partial charge >= 0.3 is 0 Å². The van der Waals surface area contributed by atoms with Crippen LogP contribution in [0.2, 0.25) is 0 Å². The fraction of sp³-hybridized carbons (Fsp3) is 0.900. The highest BCUT2D eigenvalue weighted by Gasteiger charge is 2.22. The average Bonchev–Trinajstić information content (AvgIpc) is 2.11. The molecule has 0 aromatic heterocycles. The Morgan fingerprint density at radius 2 is 2.08 bits per heavy atom. The Kier molecular flexibility index (Phi) is 3.12. The van der Waals surface area contributed by atoms with Crippen LogP contribution in [0.4, 0.5) is 0 Å². The monoisotopic (exact) mass is 169 g/mol. The second kappa shape index (κ2) is 3.92. The van der Waals surface area contributed by atoms with E-state index < -0.39 is 0 Å². The molecule has 1 aliphatic heterocycles. The molecule has 1 aliphatic rings. The maximum absolute atomic E-state index is 11.3. The minimum absolute atomic E-state index is 0.235. The highest BCUT2D eigenvalue weighted by atomic mass is 16.1. The quantitative estimate of drug-likeness (QED) is 0.638. The highest BCUT2D eigenvalue weighted by Crippen LogP contribution is 2.19. The van der Waals surface area contributed by atoms with E-state index >= 15 is 0 Å². The molecule has 0 bridgehead atoms. The summed E-state index contributed by atoms with van der Waals surface area (Å²) in [5, 5.41) is 3.07. The Balaban J connectivity index is 2.52. The zero-order chi connectivity index (χ0) is 9.14. The molecule has 2 atom stereocenters. The lowest BCUT2D eigenvalue weighted by atomic mass is 9.96. The summed E-state index contributed by atoms with van der Waals surface area (Å²) in [7, 11) is 0. The lowest BCUT2D eigenvalue weighted by Gasteiger charge is -2.19. The molecule has 0 aromatic rings. The van der Waals surface area contributed by atoms with Crippen LogP contribution in [0.3, 0.4) is 0 Å². The molecular formula is C10H19NO. The first-order chi connectivity index (χ1) is 5.59. The summed E-state index contributed by atoms with van der Waals surface area (Å²) >= 11 is 0. The molecule has 12 heavy (non-hydrogen) atoms. The maximum Gasteiger partial charge on any atom is 0.220 e. The van der Waals surface area contributed by atoms with Crippen LogP contribution in [-0.4, -0.2) is 11.9 Å². The van der Waals surface area contributed by atoms with Crippen LogP contribution >= 0.6 is 0 Å². The zero-order valence-electron chi connectivity index (χ0n) is 8.26. The van der Waals surface area contributed by atoms with E-state index in [1.54, 1.807) is 0 Å². The standard InChI is InChI=1S/C10H19NO/c1-7(2)9-5-4-8(3)6-10(12)11-9/h7-9H,4-6H2,1-3H3,(H,11,12)/t8-,9+/m1/s1. The van der Waals surface area contributed by atoms with Crippen LogP contribution in [0.1, 0.15) is 40.0 Å². The minimum atomic E-state index is 0.235. The van der Waals surface area contributed by atoms with Crippen molar-refractivity contribution in [3.05, 3.63) is 0 Å². The van der Waals surface area contributed by atoms with Gasteiger partial charge in [0, 0.05) is 12.5 Å². The number of hydrogen-bond acceptors (Lipinski definition) is 1. The van der Waals surface area contributed by atoms with E-state index in [1.165, 1.54) is 6.42 Å². The van der Waals surface area contributed by atoms with Gasteiger partial charge in [0.2, 0.25) is 5.91 Å². The first kappa shape index (κ1) is 9.56. The second-order valence-corrected chi connectivity index (χ2v) is 4.30. The van der Waals surface area contributed by atoms with Crippen molar-refractivity contribution in [2.24, 2.45) is 11.8 Å². The van der Waals surface area contributed by atoms with Gasteiger partial charge in [-0.05, 0) is 24.7 Å². The Morgan fingerprint density at radius 1 is 1.42 bits per heavy atom. The van der Waals surface area contributed by atoms with E-state index in [2.05, 4.69) is 26.1 Å². The number of amides is 1. The van der Waals surface area contributed by atoms with Crippen molar-refractivity contribution in [3.8, 4) is 0 Å². The van der Waals surface area contributed by atoms with Gasteiger partial charge in [-0.25, -0.2) is 0 Å². The van der Waals surface area contributed by atoms with E-state index in [4.69, 9.17) is 0 Å². The van der Waals surface area contributed by atoms with Crippen LogP contribution in [0.25, 0.3) is 0 Å². The van der Waals surface area contributed by atoms with Gasteiger partial charge in [0.15, 0.2) is 0 Å². The molecule has 2 heteroatoms. The third-order valence-electron chi connectivity index (χ3n) is 2.66. The van der Waals surface area contributed by atoms with E-state index in [9.17, 15) is 4.79 Å². The normalized spacial score (nSPS) is 31.5. The van der Waals surface area contributed by atoms with E-state index in [1.807, 2.05) is 0 Å². The molecule has 1 heterocycles. The van der Waals surface area contributed by atoms with Crippen molar-refractivity contribution < 1.29 is 4.79 Å². The van der Waals surface area contributed by atoms with Crippen LogP contribution in [-0.2, 0) is 4.79 Å². The number of carbonyl (C=O) groups excluding carboxylic acids is 1. The summed E-state index contributed by atoms with van der Waals surface area (Å²) in [5.74, 6) is 1.37. The van der Waals surface area contributed by atoms with Gasteiger partial charge < -0.3 is 5.32 Å². The Bertz CT molecular complexity index is 165. The van der Waals surface area contributed by atoms with Crippen LogP contribution in [0.15, 0.2) is 0 Å². The number of hydrogen-bond donors (Lipinski definition) is 1. The number of nitrogens with one attached hydrogen (secondary N) is 1. The summed E-state index contributed by atoms with van der Waals surface area (Å²) in [6.07, 6.45) is 3.04. The predicted molar refractivity (Wildman–Crippen MR) is 49.8 cm³/mol. The molecule has 0 aromatic carbocycles. The molecule has 70 valence electrons. The lowest BCUT2D eigenvalue weighted by Crippen LogP contribution is -2.36. The van der Waals surface area contributed by atoms with Gasteiger partial charge in [-0.1, -0.05) is 20.8 Å². The summed E-state index contributed by atoms with van der Waals surface area (Å²) < 4.78 is 0.